The molecule has 2 rings (SSSR count). The number of carbonyl (C=O) groups is 1. The van der Waals surface area contributed by atoms with E-state index in [4.69, 9.17) is 0 Å². The fraction of sp³-hybridized carbons (Fsp3) is 0.462. The van der Waals surface area contributed by atoms with Crippen LogP contribution in [0.15, 0.2) is 24.3 Å². The van der Waals surface area contributed by atoms with E-state index in [9.17, 15) is 13.6 Å². The highest BCUT2D eigenvalue weighted by Gasteiger charge is 2.24. The van der Waals surface area contributed by atoms with Gasteiger partial charge in [0.1, 0.15) is 0 Å². The van der Waals surface area contributed by atoms with Crippen molar-refractivity contribution in [1.29, 1.82) is 0 Å². The number of rotatable bonds is 4. The third-order valence-corrected chi connectivity index (χ3v) is 3.03. The monoisotopic (exact) mass is 254 g/mol. The number of nitrogens with zero attached hydrogens (tertiary/aromatic N) is 1. The predicted molar refractivity (Wildman–Crippen MR) is 67.1 cm³/mol. The number of hydrogen-bond acceptors (Lipinski definition) is 2. The summed E-state index contributed by atoms with van der Waals surface area (Å²) >= 11 is 0. The first-order valence-corrected chi connectivity index (χ1v) is 6.03. The summed E-state index contributed by atoms with van der Waals surface area (Å²) in [5.41, 5.74) is 1.27. The van der Waals surface area contributed by atoms with Gasteiger partial charge >= 0.3 is 0 Å². The summed E-state index contributed by atoms with van der Waals surface area (Å²) in [6.45, 7) is 2.08. The van der Waals surface area contributed by atoms with Gasteiger partial charge in [-0.2, -0.15) is 0 Å². The Labute approximate surface area is 105 Å². The Morgan fingerprint density at radius 2 is 2.06 bits per heavy atom. The van der Waals surface area contributed by atoms with Gasteiger partial charge in [-0.1, -0.05) is 12.1 Å². The van der Waals surface area contributed by atoms with Gasteiger partial charge in [0.05, 0.1) is 17.4 Å². The first-order valence-electron chi connectivity index (χ1n) is 6.03. The molecule has 1 amide bonds. The number of benzene rings is 1. The van der Waals surface area contributed by atoms with Crippen molar-refractivity contribution >= 4 is 17.3 Å². The molecule has 1 fully saturated rings. The molecule has 0 spiro atoms. The highest BCUT2D eigenvalue weighted by molar-refractivity contribution is 5.98. The van der Waals surface area contributed by atoms with Crippen LogP contribution in [0.4, 0.5) is 20.2 Å². The molecule has 1 aromatic carbocycles. The van der Waals surface area contributed by atoms with Crippen LogP contribution in [-0.4, -0.2) is 24.9 Å². The third-order valence-electron chi connectivity index (χ3n) is 3.03. The normalized spacial score (nSPS) is 17.3. The molecular weight excluding hydrogens is 238 g/mol. The summed E-state index contributed by atoms with van der Waals surface area (Å²) in [4.78, 5) is 13.3. The molecule has 0 saturated carbocycles. The number of carbonyl (C=O) groups excluding carboxylic acids is 1. The van der Waals surface area contributed by atoms with Crippen molar-refractivity contribution in [2.24, 2.45) is 0 Å². The summed E-state index contributed by atoms with van der Waals surface area (Å²) < 4.78 is 25.1. The van der Waals surface area contributed by atoms with Crippen molar-refractivity contribution in [3.05, 3.63) is 24.3 Å². The largest absolute Gasteiger partial charge is 0.375 e. The fourth-order valence-electron chi connectivity index (χ4n) is 2.04. The van der Waals surface area contributed by atoms with Crippen LogP contribution in [0.5, 0.6) is 0 Å². The van der Waals surface area contributed by atoms with Gasteiger partial charge in [-0.05, 0) is 25.5 Å². The Hall–Kier alpha value is -1.65. The molecule has 18 heavy (non-hydrogen) atoms. The molecule has 1 atom stereocenters. The highest BCUT2D eigenvalue weighted by atomic mass is 19.3. The van der Waals surface area contributed by atoms with E-state index in [1.165, 1.54) is 6.92 Å². The van der Waals surface area contributed by atoms with Crippen LogP contribution < -0.4 is 10.2 Å². The van der Waals surface area contributed by atoms with Crippen LogP contribution in [0.3, 0.4) is 0 Å². The van der Waals surface area contributed by atoms with Crippen LogP contribution in [-0.2, 0) is 4.79 Å². The Balaban J connectivity index is 2.22. The van der Waals surface area contributed by atoms with Crippen molar-refractivity contribution in [3.8, 4) is 0 Å². The topological polar surface area (TPSA) is 32.3 Å². The number of anilines is 2. The van der Waals surface area contributed by atoms with Crippen molar-refractivity contribution in [1.82, 2.24) is 0 Å². The second-order valence-electron chi connectivity index (χ2n) is 4.43. The molecule has 0 aliphatic carbocycles. The van der Waals surface area contributed by atoms with Crippen molar-refractivity contribution < 1.29 is 13.6 Å². The molecule has 0 aromatic heterocycles. The Morgan fingerprint density at radius 3 is 2.67 bits per heavy atom. The van der Waals surface area contributed by atoms with E-state index >= 15 is 0 Å². The van der Waals surface area contributed by atoms with Crippen molar-refractivity contribution in [2.75, 3.05) is 16.8 Å². The molecule has 0 bridgehead atoms. The molecule has 1 aromatic rings. The number of halogens is 2. The van der Waals surface area contributed by atoms with Gasteiger partial charge < -0.3 is 10.2 Å². The average Bonchev–Trinajstić information content (AvgIpc) is 2.76. The lowest BCUT2D eigenvalue weighted by Gasteiger charge is -2.22. The first kappa shape index (κ1) is 12.8. The van der Waals surface area contributed by atoms with E-state index in [2.05, 4.69) is 5.32 Å². The van der Waals surface area contributed by atoms with E-state index in [-0.39, 0.29) is 5.91 Å². The molecule has 1 saturated heterocycles. The maximum Gasteiger partial charge on any atom is 0.258 e. The molecular formula is C13H16F2N2O. The summed E-state index contributed by atoms with van der Waals surface area (Å²) in [5.74, 6) is 0.0500. The van der Waals surface area contributed by atoms with Crippen LogP contribution in [0.25, 0.3) is 0 Å². The number of hydrogen-bond donors (Lipinski definition) is 1. The van der Waals surface area contributed by atoms with Gasteiger partial charge in [0.25, 0.3) is 6.43 Å². The molecule has 1 unspecified atom stereocenters. The van der Waals surface area contributed by atoms with Gasteiger partial charge in [-0.3, -0.25) is 4.79 Å². The minimum Gasteiger partial charge on any atom is -0.375 e. The maximum atomic E-state index is 12.6. The molecule has 3 nitrogen and oxygen atoms in total. The minimum absolute atomic E-state index is 0.0500. The lowest BCUT2D eigenvalue weighted by atomic mass is 10.2. The standard InChI is InChI=1S/C13H16F2N2O/c1-9(13(14)15)16-10-5-2-3-6-11(10)17-8-4-7-12(17)18/h2-3,5-6,9,13,16H,4,7-8H2,1H3. The van der Waals surface area contributed by atoms with Crippen LogP contribution >= 0.6 is 0 Å². The van der Waals surface area contributed by atoms with E-state index in [1.54, 1.807) is 29.2 Å². The third kappa shape index (κ3) is 2.60. The molecule has 0 radical (unpaired) electrons. The fourth-order valence-corrected chi connectivity index (χ4v) is 2.04. The highest BCUT2D eigenvalue weighted by Crippen LogP contribution is 2.30. The quantitative estimate of drug-likeness (QED) is 0.896. The molecule has 98 valence electrons. The average molecular weight is 254 g/mol. The molecule has 5 heteroatoms. The number of para-hydroxylation sites is 2. The number of alkyl halides is 2. The number of amides is 1. The summed E-state index contributed by atoms with van der Waals surface area (Å²) in [6, 6.07) is 6.14. The van der Waals surface area contributed by atoms with Gasteiger partial charge in [0.15, 0.2) is 0 Å². The molecule has 1 aliphatic rings. The predicted octanol–water partition coefficient (Wildman–Crippen LogP) is 2.88. The zero-order valence-electron chi connectivity index (χ0n) is 10.2. The SMILES string of the molecule is CC(Nc1ccccc1N1CCCC1=O)C(F)F. The van der Waals surface area contributed by atoms with E-state index in [1.807, 2.05) is 0 Å². The second-order valence-corrected chi connectivity index (χ2v) is 4.43. The van der Waals surface area contributed by atoms with Gasteiger partial charge in [-0.25, -0.2) is 8.78 Å². The number of nitrogens with one attached hydrogen (secondary N) is 1. The van der Waals surface area contributed by atoms with Crippen molar-refractivity contribution in [2.45, 2.75) is 32.2 Å². The van der Waals surface area contributed by atoms with Crippen LogP contribution in [0.2, 0.25) is 0 Å². The zero-order valence-corrected chi connectivity index (χ0v) is 10.2. The van der Waals surface area contributed by atoms with E-state index < -0.39 is 12.5 Å². The lowest BCUT2D eigenvalue weighted by molar-refractivity contribution is -0.117. The van der Waals surface area contributed by atoms with Gasteiger partial charge in [0.2, 0.25) is 5.91 Å². The second kappa shape index (κ2) is 5.33. The molecule has 1 N–H and O–H groups in total. The summed E-state index contributed by atoms with van der Waals surface area (Å²) in [6.07, 6.45) is -1.09. The van der Waals surface area contributed by atoms with E-state index in [0.29, 0.717) is 24.3 Å². The lowest BCUT2D eigenvalue weighted by Crippen LogP contribution is -2.28. The van der Waals surface area contributed by atoms with Gasteiger partial charge in [-0.15, -0.1) is 0 Å². The van der Waals surface area contributed by atoms with Crippen molar-refractivity contribution in [3.63, 3.8) is 0 Å². The minimum atomic E-state index is -2.44. The first-order chi connectivity index (χ1) is 8.59. The Kier molecular flexibility index (Phi) is 3.79. The molecule has 1 heterocycles. The van der Waals surface area contributed by atoms with Gasteiger partial charge in [0, 0.05) is 13.0 Å². The maximum absolute atomic E-state index is 12.6. The van der Waals surface area contributed by atoms with Crippen LogP contribution in [0.1, 0.15) is 19.8 Å². The van der Waals surface area contributed by atoms with Crippen LogP contribution in [0, 0.1) is 0 Å². The summed E-state index contributed by atoms with van der Waals surface area (Å²) in [7, 11) is 0. The van der Waals surface area contributed by atoms with E-state index in [0.717, 1.165) is 6.42 Å². The Morgan fingerprint density at radius 1 is 1.33 bits per heavy atom. The Bertz CT molecular complexity index is 437. The smallest absolute Gasteiger partial charge is 0.258 e. The summed E-state index contributed by atoms with van der Waals surface area (Å²) in [5, 5.41) is 2.76. The zero-order chi connectivity index (χ0) is 13.1. The molecule has 1 aliphatic heterocycles.